The summed E-state index contributed by atoms with van der Waals surface area (Å²) in [5, 5.41) is 27.2. The van der Waals surface area contributed by atoms with Crippen LogP contribution in [0.1, 0.15) is 90.4 Å². The third-order valence-electron chi connectivity index (χ3n) is 8.15. The Bertz CT molecular complexity index is 1460. The highest BCUT2D eigenvalue weighted by atomic mass is 19.4. The van der Waals surface area contributed by atoms with Crippen molar-refractivity contribution < 1.29 is 41.3 Å². The maximum absolute atomic E-state index is 13.9. The number of hydrogen-bond acceptors (Lipinski definition) is 8. The fourth-order valence-electron chi connectivity index (χ4n) is 5.66. The molecule has 0 radical (unpaired) electrons. The number of nitrogens with one attached hydrogen (secondary N) is 2. The van der Waals surface area contributed by atoms with Gasteiger partial charge in [0.2, 0.25) is 11.8 Å². The second kappa shape index (κ2) is 9.99. The molecular formula is C25H26F5N7O4. The van der Waals surface area contributed by atoms with E-state index < -0.39 is 54.4 Å². The second-order valence-electron chi connectivity index (χ2n) is 11.1. The van der Waals surface area contributed by atoms with Gasteiger partial charge in [0.1, 0.15) is 11.7 Å². The molecule has 0 bridgehead atoms. The predicted octanol–water partition coefficient (Wildman–Crippen LogP) is 3.39. The number of carbonyl (C=O) groups excluding carboxylic acids is 2. The van der Waals surface area contributed by atoms with E-state index in [2.05, 4.69) is 25.7 Å². The first-order valence-corrected chi connectivity index (χ1v) is 13.3. The molecule has 16 heteroatoms. The van der Waals surface area contributed by atoms with Crippen LogP contribution in [0, 0.1) is 11.8 Å². The SMILES string of the molecule is O=C(N[C@H](c1cn2ncc(C(O)C3CC(C(F)(F)F)NC3=O)cc2n1)C1CCC(F)(F)CC1)c1nonc1C1CC1. The molecule has 11 nitrogen and oxygen atoms in total. The van der Waals surface area contributed by atoms with Gasteiger partial charge in [0, 0.05) is 24.3 Å². The summed E-state index contributed by atoms with van der Waals surface area (Å²) in [7, 11) is 0. The van der Waals surface area contributed by atoms with Crippen molar-refractivity contribution in [2.45, 2.75) is 81.2 Å². The van der Waals surface area contributed by atoms with E-state index in [1.54, 1.807) is 0 Å². The van der Waals surface area contributed by atoms with Gasteiger partial charge in [-0.2, -0.15) is 18.3 Å². The first kappa shape index (κ1) is 27.5. The van der Waals surface area contributed by atoms with E-state index in [1.165, 1.54) is 23.0 Å². The lowest BCUT2D eigenvalue weighted by atomic mass is 9.81. The van der Waals surface area contributed by atoms with Gasteiger partial charge < -0.3 is 15.7 Å². The highest BCUT2D eigenvalue weighted by molar-refractivity contribution is 5.93. The zero-order valence-corrected chi connectivity index (χ0v) is 21.4. The molecule has 2 saturated carbocycles. The quantitative estimate of drug-likeness (QED) is 0.359. The number of amides is 2. The number of carbonyl (C=O) groups is 2. The molecule has 0 spiro atoms. The number of fused-ring (bicyclic) bond motifs is 1. The van der Waals surface area contributed by atoms with Crippen LogP contribution < -0.4 is 10.6 Å². The van der Waals surface area contributed by atoms with Crippen LogP contribution in [0.5, 0.6) is 0 Å². The van der Waals surface area contributed by atoms with Crippen molar-refractivity contribution in [3.63, 3.8) is 0 Å². The minimum atomic E-state index is -4.64. The van der Waals surface area contributed by atoms with Crippen molar-refractivity contribution in [3.05, 3.63) is 41.1 Å². The van der Waals surface area contributed by atoms with Crippen molar-refractivity contribution in [2.24, 2.45) is 11.8 Å². The third kappa shape index (κ3) is 5.48. The van der Waals surface area contributed by atoms with Crippen molar-refractivity contribution in [1.29, 1.82) is 0 Å². The normalized spacial score (nSPS) is 24.8. The second-order valence-corrected chi connectivity index (χ2v) is 11.1. The van der Waals surface area contributed by atoms with Crippen LogP contribution >= 0.6 is 0 Å². The van der Waals surface area contributed by atoms with Crippen LogP contribution in [0.3, 0.4) is 0 Å². The summed E-state index contributed by atoms with van der Waals surface area (Å²) < 4.78 is 73.3. The molecule has 4 atom stereocenters. The van der Waals surface area contributed by atoms with Gasteiger partial charge in [-0.15, -0.1) is 0 Å². The Hall–Kier alpha value is -3.69. The molecule has 3 fully saturated rings. The summed E-state index contributed by atoms with van der Waals surface area (Å²) in [4.78, 5) is 29.9. The lowest BCUT2D eigenvalue weighted by molar-refractivity contribution is -0.155. The Kier molecular flexibility index (Phi) is 6.70. The Morgan fingerprint density at radius 1 is 1.20 bits per heavy atom. The molecule has 3 aliphatic rings. The van der Waals surface area contributed by atoms with Crippen LogP contribution in [-0.4, -0.2) is 60.0 Å². The summed E-state index contributed by atoms with van der Waals surface area (Å²) in [5.74, 6) is -5.96. The molecule has 1 aliphatic heterocycles. The lowest BCUT2D eigenvalue weighted by Gasteiger charge is -2.33. The van der Waals surface area contributed by atoms with E-state index in [0.717, 1.165) is 12.8 Å². The molecule has 3 N–H and O–H groups in total. The average Bonchev–Trinajstić information content (AvgIpc) is 3.31. The van der Waals surface area contributed by atoms with Crippen LogP contribution in [0.15, 0.2) is 23.1 Å². The average molecular weight is 584 g/mol. The molecule has 0 aromatic carbocycles. The molecule has 41 heavy (non-hydrogen) atoms. The molecule has 4 heterocycles. The van der Waals surface area contributed by atoms with Gasteiger partial charge in [-0.3, -0.25) is 9.59 Å². The van der Waals surface area contributed by atoms with Gasteiger partial charge in [0.25, 0.3) is 5.91 Å². The molecule has 6 rings (SSSR count). The molecular weight excluding hydrogens is 557 g/mol. The van der Waals surface area contributed by atoms with Crippen LogP contribution in [0.25, 0.3) is 5.65 Å². The molecule has 2 amide bonds. The van der Waals surface area contributed by atoms with Gasteiger partial charge in [-0.25, -0.2) is 22.9 Å². The highest BCUT2D eigenvalue weighted by Crippen LogP contribution is 2.43. The number of aliphatic hydroxyl groups excluding tert-OH is 1. The van der Waals surface area contributed by atoms with Crippen LogP contribution in [0.2, 0.25) is 0 Å². The van der Waals surface area contributed by atoms with Crippen molar-refractivity contribution >= 4 is 17.5 Å². The number of aromatic nitrogens is 5. The van der Waals surface area contributed by atoms with E-state index >= 15 is 0 Å². The topological polar surface area (TPSA) is 148 Å². The third-order valence-corrected chi connectivity index (χ3v) is 8.15. The smallest absolute Gasteiger partial charge is 0.388 e. The van der Waals surface area contributed by atoms with E-state index in [9.17, 15) is 36.6 Å². The molecule has 2 aliphatic carbocycles. The number of imidazole rings is 1. The van der Waals surface area contributed by atoms with Crippen molar-refractivity contribution in [2.75, 3.05) is 0 Å². The lowest BCUT2D eigenvalue weighted by Crippen LogP contribution is -2.38. The molecule has 3 aromatic heterocycles. The molecule has 220 valence electrons. The number of halogens is 5. The fourth-order valence-corrected chi connectivity index (χ4v) is 5.66. The highest BCUT2D eigenvalue weighted by Gasteiger charge is 2.50. The van der Waals surface area contributed by atoms with Gasteiger partial charge in [0.15, 0.2) is 11.3 Å². The van der Waals surface area contributed by atoms with Crippen molar-refractivity contribution in [3.8, 4) is 0 Å². The van der Waals surface area contributed by atoms with Gasteiger partial charge in [-0.05, 0) is 49.2 Å². The van der Waals surface area contributed by atoms with Gasteiger partial charge in [0.05, 0.1) is 36.2 Å². The largest absolute Gasteiger partial charge is 0.408 e. The Balaban J connectivity index is 1.27. The van der Waals surface area contributed by atoms with Crippen LogP contribution in [-0.2, 0) is 4.79 Å². The zero-order chi connectivity index (χ0) is 29.1. The van der Waals surface area contributed by atoms with Crippen LogP contribution in [0.4, 0.5) is 22.0 Å². The van der Waals surface area contributed by atoms with E-state index in [4.69, 9.17) is 4.63 Å². The van der Waals surface area contributed by atoms with E-state index in [0.29, 0.717) is 11.4 Å². The first-order valence-electron chi connectivity index (χ1n) is 13.3. The minimum absolute atomic E-state index is 0.0259. The minimum Gasteiger partial charge on any atom is -0.388 e. The standard InChI is InChI=1S/C25H26F5N7O4/c26-24(27)5-3-12(4-6-24)18(34-23(40)20-19(11-1-2-11)35-41-36-20)15-10-37-17(32-15)7-13(9-31-37)21(38)14-8-16(25(28,29)30)33-22(14)39/h7,9-12,14,16,18,21,38H,1-6,8H2,(H,33,39)(H,34,40)/t14?,16?,18-,21?/m0/s1. The number of rotatable bonds is 7. The molecule has 3 aromatic rings. The fraction of sp³-hybridized carbons (Fsp3) is 0.600. The summed E-state index contributed by atoms with van der Waals surface area (Å²) in [5.41, 5.74) is 1.05. The zero-order valence-electron chi connectivity index (χ0n) is 21.4. The van der Waals surface area contributed by atoms with Crippen molar-refractivity contribution in [1.82, 2.24) is 35.5 Å². The van der Waals surface area contributed by atoms with Gasteiger partial charge >= 0.3 is 6.18 Å². The van der Waals surface area contributed by atoms with E-state index in [-0.39, 0.29) is 54.4 Å². The maximum atomic E-state index is 13.9. The summed E-state index contributed by atoms with van der Waals surface area (Å²) >= 11 is 0. The maximum Gasteiger partial charge on any atom is 0.408 e. The van der Waals surface area contributed by atoms with Gasteiger partial charge in [-0.1, -0.05) is 5.16 Å². The number of aliphatic hydroxyl groups is 1. The summed E-state index contributed by atoms with van der Waals surface area (Å²) in [6.45, 7) is 0. The monoisotopic (exact) mass is 583 g/mol. The predicted molar refractivity (Wildman–Crippen MR) is 127 cm³/mol. The summed E-state index contributed by atoms with van der Waals surface area (Å²) in [6.07, 6.45) is -2.90. The first-order chi connectivity index (χ1) is 19.4. The number of alkyl halides is 5. The van der Waals surface area contributed by atoms with E-state index in [1.807, 2.05) is 5.32 Å². The molecule has 1 saturated heterocycles. The number of hydrogen-bond donors (Lipinski definition) is 3. The Morgan fingerprint density at radius 2 is 1.93 bits per heavy atom. The number of nitrogens with zero attached hydrogens (tertiary/aromatic N) is 5. The molecule has 3 unspecified atom stereocenters. The Labute approximate surface area is 228 Å². The Morgan fingerprint density at radius 3 is 2.59 bits per heavy atom. The summed E-state index contributed by atoms with van der Waals surface area (Å²) in [6, 6.07) is -1.47.